The molecule has 0 bridgehead atoms. The average molecular weight is 322 g/mol. The Labute approximate surface area is 141 Å². The van der Waals surface area contributed by atoms with Gasteiger partial charge < -0.3 is 14.8 Å². The molecule has 24 heavy (non-hydrogen) atoms. The third-order valence-corrected chi connectivity index (χ3v) is 4.00. The highest BCUT2D eigenvalue weighted by atomic mass is 16.2. The van der Waals surface area contributed by atoms with Crippen molar-refractivity contribution in [3.05, 3.63) is 66.1 Å². The number of carbonyl (C=O) groups excluding carboxylic acids is 1. The summed E-state index contributed by atoms with van der Waals surface area (Å²) in [6, 6.07) is 11.7. The summed E-state index contributed by atoms with van der Waals surface area (Å²) in [7, 11) is 4.02. The number of aromatic amines is 1. The lowest BCUT2D eigenvalue weighted by molar-refractivity contribution is 0.0732. The van der Waals surface area contributed by atoms with Crippen molar-refractivity contribution in [1.82, 2.24) is 19.8 Å². The van der Waals surface area contributed by atoms with E-state index in [0.29, 0.717) is 18.7 Å². The predicted octanol–water partition coefficient (Wildman–Crippen LogP) is 2.77. The van der Waals surface area contributed by atoms with Gasteiger partial charge in [0, 0.05) is 49.3 Å². The summed E-state index contributed by atoms with van der Waals surface area (Å²) in [5.74, 6) is 0.0391. The van der Waals surface area contributed by atoms with Crippen molar-refractivity contribution in [2.24, 2.45) is 0 Å². The highest BCUT2D eigenvalue weighted by Gasteiger charge is 2.17. The van der Waals surface area contributed by atoms with E-state index in [2.05, 4.69) is 14.9 Å². The van der Waals surface area contributed by atoms with Crippen molar-refractivity contribution < 1.29 is 4.79 Å². The van der Waals surface area contributed by atoms with Crippen LogP contribution in [0.3, 0.4) is 0 Å². The van der Waals surface area contributed by atoms with Crippen molar-refractivity contribution in [3.8, 4) is 0 Å². The van der Waals surface area contributed by atoms with Gasteiger partial charge in [-0.1, -0.05) is 12.1 Å². The molecule has 2 aromatic heterocycles. The third-order valence-electron chi connectivity index (χ3n) is 4.00. The molecule has 0 atom stereocenters. The van der Waals surface area contributed by atoms with Crippen LogP contribution in [0.1, 0.15) is 15.9 Å². The lowest BCUT2D eigenvalue weighted by atomic mass is 10.1. The van der Waals surface area contributed by atoms with Crippen LogP contribution in [0.2, 0.25) is 0 Å². The van der Waals surface area contributed by atoms with Gasteiger partial charge in [0.1, 0.15) is 0 Å². The molecular formula is C19H22N4O. The average Bonchev–Trinajstić information content (AvgIpc) is 3.06. The lowest BCUT2D eigenvalue weighted by Crippen LogP contribution is -2.36. The Kier molecular flexibility index (Phi) is 4.91. The largest absolute Gasteiger partial charge is 0.361 e. The number of carbonyl (C=O) groups is 1. The molecule has 1 amide bonds. The number of likely N-dealkylation sites (N-methyl/N-ethyl adjacent to an activating group) is 1. The highest BCUT2D eigenvalue weighted by Crippen LogP contribution is 2.16. The van der Waals surface area contributed by atoms with Gasteiger partial charge >= 0.3 is 0 Å². The quantitative estimate of drug-likeness (QED) is 0.759. The number of H-pyrrole nitrogens is 1. The molecule has 0 saturated carbocycles. The van der Waals surface area contributed by atoms with Gasteiger partial charge in [0.15, 0.2) is 0 Å². The number of fused-ring (bicyclic) bond motifs is 1. The smallest absolute Gasteiger partial charge is 0.254 e. The van der Waals surface area contributed by atoms with Crippen LogP contribution < -0.4 is 0 Å². The van der Waals surface area contributed by atoms with E-state index in [9.17, 15) is 4.79 Å². The molecule has 5 nitrogen and oxygen atoms in total. The number of nitrogens with zero attached hydrogens (tertiary/aromatic N) is 3. The standard InChI is InChI=1S/C19H22N4O/c1-22(2)10-11-23(14-15-4-3-8-20-13-15)19(24)17-6-5-16-7-9-21-18(16)12-17/h3-9,12-13,21H,10-11,14H2,1-2H3. The lowest BCUT2D eigenvalue weighted by Gasteiger charge is -2.24. The number of rotatable bonds is 6. The highest BCUT2D eigenvalue weighted by molar-refractivity contribution is 5.97. The van der Waals surface area contributed by atoms with Gasteiger partial charge in [-0.25, -0.2) is 0 Å². The second kappa shape index (κ2) is 7.27. The zero-order valence-corrected chi connectivity index (χ0v) is 14.1. The van der Waals surface area contributed by atoms with Gasteiger partial charge in [-0.3, -0.25) is 9.78 Å². The topological polar surface area (TPSA) is 52.2 Å². The number of amides is 1. The van der Waals surface area contributed by atoms with Crippen LogP contribution >= 0.6 is 0 Å². The fourth-order valence-corrected chi connectivity index (χ4v) is 2.65. The van der Waals surface area contributed by atoms with Gasteiger partial charge in [-0.2, -0.15) is 0 Å². The minimum absolute atomic E-state index is 0.0391. The zero-order valence-electron chi connectivity index (χ0n) is 14.1. The molecule has 0 unspecified atom stereocenters. The number of hydrogen-bond acceptors (Lipinski definition) is 3. The molecule has 0 aliphatic heterocycles. The Bertz CT molecular complexity index is 810. The molecule has 0 spiro atoms. The van der Waals surface area contributed by atoms with E-state index in [0.717, 1.165) is 23.0 Å². The molecule has 3 rings (SSSR count). The van der Waals surface area contributed by atoms with Crippen molar-refractivity contribution in [1.29, 1.82) is 0 Å². The Hall–Kier alpha value is -2.66. The first-order valence-corrected chi connectivity index (χ1v) is 8.03. The number of hydrogen-bond donors (Lipinski definition) is 1. The first-order chi connectivity index (χ1) is 11.6. The number of benzene rings is 1. The second-order valence-corrected chi connectivity index (χ2v) is 6.17. The monoisotopic (exact) mass is 322 g/mol. The van der Waals surface area contributed by atoms with E-state index in [1.54, 1.807) is 6.20 Å². The minimum Gasteiger partial charge on any atom is -0.361 e. The molecule has 2 heterocycles. The van der Waals surface area contributed by atoms with Gasteiger partial charge in [0.25, 0.3) is 5.91 Å². The first-order valence-electron chi connectivity index (χ1n) is 8.03. The van der Waals surface area contributed by atoms with Crippen LogP contribution in [0.4, 0.5) is 0 Å². The molecule has 124 valence electrons. The van der Waals surface area contributed by atoms with Gasteiger partial charge in [-0.05, 0) is 49.3 Å². The summed E-state index contributed by atoms with van der Waals surface area (Å²) in [5.41, 5.74) is 2.72. The molecule has 0 aliphatic carbocycles. The van der Waals surface area contributed by atoms with Crippen molar-refractivity contribution in [3.63, 3.8) is 0 Å². The van der Waals surface area contributed by atoms with E-state index in [4.69, 9.17) is 0 Å². The predicted molar refractivity (Wildman–Crippen MR) is 95.8 cm³/mol. The maximum Gasteiger partial charge on any atom is 0.254 e. The van der Waals surface area contributed by atoms with E-state index in [1.807, 2.05) is 67.8 Å². The summed E-state index contributed by atoms with van der Waals surface area (Å²) in [6.07, 6.45) is 5.44. The van der Waals surface area contributed by atoms with Crippen molar-refractivity contribution >= 4 is 16.8 Å². The number of nitrogens with one attached hydrogen (secondary N) is 1. The maximum atomic E-state index is 13.0. The fraction of sp³-hybridized carbons (Fsp3) is 0.263. The Morgan fingerprint density at radius 1 is 1.17 bits per heavy atom. The van der Waals surface area contributed by atoms with Crippen LogP contribution in [0.25, 0.3) is 10.9 Å². The van der Waals surface area contributed by atoms with E-state index >= 15 is 0 Å². The summed E-state index contributed by atoms with van der Waals surface area (Å²) in [5, 5.41) is 1.11. The molecule has 0 fully saturated rings. The number of aromatic nitrogens is 2. The van der Waals surface area contributed by atoms with Crippen LogP contribution in [0.5, 0.6) is 0 Å². The van der Waals surface area contributed by atoms with Crippen LogP contribution in [0.15, 0.2) is 55.0 Å². The van der Waals surface area contributed by atoms with Crippen molar-refractivity contribution in [2.75, 3.05) is 27.2 Å². The van der Waals surface area contributed by atoms with Gasteiger partial charge in [0.2, 0.25) is 0 Å². The molecule has 1 aromatic carbocycles. The molecule has 1 N–H and O–H groups in total. The fourth-order valence-electron chi connectivity index (χ4n) is 2.65. The number of pyridine rings is 1. The van der Waals surface area contributed by atoms with Crippen molar-refractivity contribution in [2.45, 2.75) is 6.54 Å². The van der Waals surface area contributed by atoms with Crippen LogP contribution in [-0.4, -0.2) is 52.9 Å². The second-order valence-electron chi connectivity index (χ2n) is 6.17. The van der Waals surface area contributed by atoms with Gasteiger partial charge in [-0.15, -0.1) is 0 Å². The maximum absolute atomic E-state index is 13.0. The molecule has 5 heteroatoms. The Morgan fingerprint density at radius 2 is 2.04 bits per heavy atom. The first kappa shape index (κ1) is 16.2. The minimum atomic E-state index is 0.0391. The van der Waals surface area contributed by atoms with E-state index in [1.165, 1.54) is 0 Å². The normalized spacial score (nSPS) is 11.1. The van der Waals surface area contributed by atoms with Crippen LogP contribution in [0, 0.1) is 0 Å². The molecule has 3 aromatic rings. The van der Waals surface area contributed by atoms with Gasteiger partial charge in [0.05, 0.1) is 0 Å². The zero-order chi connectivity index (χ0) is 16.9. The molecule has 0 aliphatic rings. The van der Waals surface area contributed by atoms with E-state index < -0.39 is 0 Å². The molecule has 0 radical (unpaired) electrons. The summed E-state index contributed by atoms with van der Waals surface area (Å²) < 4.78 is 0. The Balaban J connectivity index is 1.83. The van der Waals surface area contributed by atoms with Crippen LogP contribution in [-0.2, 0) is 6.54 Å². The third kappa shape index (κ3) is 3.81. The SMILES string of the molecule is CN(C)CCN(Cc1cccnc1)C(=O)c1ccc2cc[nH]c2c1. The summed E-state index contributed by atoms with van der Waals surface area (Å²) in [6.45, 7) is 2.05. The Morgan fingerprint density at radius 3 is 2.79 bits per heavy atom. The molecule has 0 saturated heterocycles. The van der Waals surface area contributed by atoms with E-state index in [-0.39, 0.29) is 5.91 Å². The summed E-state index contributed by atoms with van der Waals surface area (Å²) >= 11 is 0. The summed E-state index contributed by atoms with van der Waals surface area (Å²) in [4.78, 5) is 24.3. The molecular weight excluding hydrogens is 300 g/mol.